The summed E-state index contributed by atoms with van der Waals surface area (Å²) in [7, 11) is 0. The molecule has 8 heteroatoms. The molecule has 1 N–H and O–H groups in total. The van der Waals surface area contributed by atoms with E-state index in [1.807, 2.05) is 0 Å². The summed E-state index contributed by atoms with van der Waals surface area (Å²) >= 11 is -3.04. The lowest BCUT2D eigenvalue weighted by molar-refractivity contribution is -0.195. The molecule has 0 spiro atoms. The highest BCUT2D eigenvalue weighted by molar-refractivity contribution is 7.74. The SMILES string of the molecule is CC(F)(CC(F)(F)F)OS(=O)O. The van der Waals surface area contributed by atoms with E-state index in [1.165, 1.54) is 0 Å². The van der Waals surface area contributed by atoms with Crippen LogP contribution in [0.2, 0.25) is 0 Å². The second-order valence-electron chi connectivity index (χ2n) is 2.19. The Bertz CT molecular complexity index is 178. The van der Waals surface area contributed by atoms with E-state index in [9.17, 15) is 21.8 Å². The molecular formula is C4H6F4O3S. The van der Waals surface area contributed by atoms with Crippen LogP contribution in [0.5, 0.6) is 0 Å². The molecule has 0 amide bonds. The summed E-state index contributed by atoms with van der Waals surface area (Å²) < 4.78 is 68.2. The van der Waals surface area contributed by atoms with Gasteiger partial charge in [0.25, 0.3) is 0 Å². The maximum atomic E-state index is 12.5. The Balaban J connectivity index is 4.13. The lowest BCUT2D eigenvalue weighted by Crippen LogP contribution is -2.30. The molecule has 0 heterocycles. The van der Waals surface area contributed by atoms with Crippen molar-refractivity contribution < 1.29 is 30.5 Å². The van der Waals surface area contributed by atoms with Crippen LogP contribution in [-0.2, 0) is 15.5 Å². The standard InChI is InChI=1S/C4H6F4O3S/c1-3(5,11-12(9)10)2-4(6,7)8/h2H2,1H3,(H,9,10). The molecule has 0 radical (unpaired) electrons. The van der Waals surface area contributed by atoms with Crippen molar-refractivity contribution in [1.29, 1.82) is 0 Å². The van der Waals surface area contributed by atoms with Crippen LogP contribution < -0.4 is 0 Å². The van der Waals surface area contributed by atoms with Gasteiger partial charge in [0.1, 0.15) is 6.42 Å². The van der Waals surface area contributed by atoms with E-state index in [0.717, 1.165) is 0 Å². The van der Waals surface area contributed by atoms with Gasteiger partial charge < -0.3 is 0 Å². The van der Waals surface area contributed by atoms with Gasteiger partial charge in [0.15, 0.2) is 0 Å². The molecule has 0 aliphatic carbocycles. The van der Waals surface area contributed by atoms with E-state index < -0.39 is 29.8 Å². The first kappa shape index (κ1) is 11.8. The molecule has 0 aliphatic heterocycles. The zero-order valence-corrected chi connectivity index (χ0v) is 6.71. The molecule has 0 rings (SSSR count). The molecule has 0 aromatic carbocycles. The van der Waals surface area contributed by atoms with Crippen molar-refractivity contribution in [3.8, 4) is 0 Å². The van der Waals surface area contributed by atoms with Crippen LogP contribution in [0.4, 0.5) is 17.6 Å². The summed E-state index contributed by atoms with van der Waals surface area (Å²) in [5.74, 6) is -3.17. The molecule has 0 fully saturated rings. The monoisotopic (exact) mass is 210 g/mol. The Morgan fingerprint density at radius 1 is 1.42 bits per heavy atom. The summed E-state index contributed by atoms with van der Waals surface area (Å²) in [6, 6.07) is 0. The summed E-state index contributed by atoms with van der Waals surface area (Å²) in [5, 5.41) is 0. The smallest absolute Gasteiger partial charge is 0.284 e. The van der Waals surface area contributed by atoms with Crippen molar-refractivity contribution in [3.05, 3.63) is 0 Å². The van der Waals surface area contributed by atoms with Gasteiger partial charge in [-0.15, -0.1) is 0 Å². The van der Waals surface area contributed by atoms with Gasteiger partial charge in [0.2, 0.25) is 5.85 Å². The van der Waals surface area contributed by atoms with E-state index in [2.05, 4.69) is 4.18 Å². The Morgan fingerprint density at radius 2 is 1.83 bits per heavy atom. The number of halogens is 4. The largest absolute Gasteiger partial charge is 0.394 e. The fourth-order valence-electron chi connectivity index (χ4n) is 0.536. The van der Waals surface area contributed by atoms with Gasteiger partial charge in [0.05, 0.1) is 0 Å². The maximum absolute atomic E-state index is 12.5. The van der Waals surface area contributed by atoms with E-state index in [4.69, 9.17) is 4.55 Å². The highest BCUT2D eigenvalue weighted by atomic mass is 32.2. The summed E-state index contributed by atoms with van der Waals surface area (Å²) in [6.45, 7) is 0.425. The first-order chi connectivity index (χ1) is 5.12. The van der Waals surface area contributed by atoms with Gasteiger partial charge in [-0.2, -0.15) is 17.4 Å². The lowest BCUT2D eigenvalue weighted by atomic mass is 10.2. The first-order valence-corrected chi connectivity index (χ1v) is 3.71. The summed E-state index contributed by atoms with van der Waals surface area (Å²) in [6.07, 6.45) is -6.70. The van der Waals surface area contributed by atoms with Crippen LogP contribution in [0.1, 0.15) is 13.3 Å². The highest BCUT2D eigenvalue weighted by Gasteiger charge is 2.42. The van der Waals surface area contributed by atoms with Crippen LogP contribution in [0.15, 0.2) is 0 Å². The predicted molar refractivity (Wildman–Crippen MR) is 32.0 cm³/mol. The van der Waals surface area contributed by atoms with Gasteiger partial charge in [-0.1, -0.05) is 0 Å². The van der Waals surface area contributed by atoms with Crippen LogP contribution >= 0.6 is 0 Å². The van der Waals surface area contributed by atoms with Crippen molar-refractivity contribution in [2.75, 3.05) is 0 Å². The van der Waals surface area contributed by atoms with Gasteiger partial charge >= 0.3 is 17.5 Å². The molecule has 0 aromatic rings. The third-order valence-electron chi connectivity index (χ3n) is 0.761. The van der Waals surface area contributed by atoms with Crippen LogP contribution in [0, 0.1) is 0 Å². The van der Waals surface area contributed by atoms with Crippen LogP contribution in [0.3, 0.4) is 0 Å². The van der Waals surface area contributed by atoms with Gasteiger partial charge in [0, 0.05) is 0 Å². The average Bonchev–Trinajstić information content (AvgIpc) is 1.48. The molecule has 12 heavy (non-hydrogen) atoms. The Hall–Kier alpha value is -0.210. The first-order valence-electron chi connectivity index (χ1n) is 2.68. The minimum absolute atomic E-state index is 0.425. The normalized spacial score (nSPS) is 20.2. The van der Waals surface area contributed by atoms with Gasteiger partial charge in [-0.3, -0.25) is 4.55 Å². The maximum Gasteiger partial charge on any atom is 0.394 e. The second kappa shape index (κ2) is 3.67. The van der Waals surface area contributed by atoms with Crippen molar-refractivity contribution in [2.45, 2.75) is 25.4 Å². The van der Waals surface area contributed by atoms with Gasteiger partial charge in [-0.25, -0.2) is 8.57 Å². The summed E-state index contributed by atoms with van der Waals surface area (Å²) in [5.41, 5.74) is 0. The third kappa shape index (κ3) is 6.50. The second-order valence-corrected chi connectivity index (χ2v) is 2.80. The Morgan fingerprint density at radius 3 is 2.08 bits per heavy atom. The lowest BCUT2D eigenvalue weighted by Gasteiger charge is -2.18. The van der Waals surface area contributed by atoms with Crippen molar-refractivity contribution in [3.63, 3.8) is 0 Å². The molecule has 0 aromatic heterocycles. The average molecular weight is 210 g/mol. The zero-order valence-electron chi connectivity index (χ0n) is 5.89. The van der Waals surface area contributed by atoms with Gasteiger partial charge in [-0.05, 0) is 6.92 Å². The van der Waals surface area contributed by atoms with Crippen molar-refractivity contribution >= 4 is 11.4 Å². The zero-order chi connectivity index (χ0) is 9.99. The number of hydrogen-bond donors (Lipinski definition) is 1. The molecular weight excluding hydrogens is 204 g/mol. The summed E-state index contributed by atoms with van der Waals surface area (Å²) in [4.78, 5) is 0. The third-order valence-corrected chi connectivity index (χ3v) is 1.25. The minimum atomic E-state index is -4.77. The fourth-order valence-corrected chi connectivity index (χ4v) is 0.892. The van der Waals surface area contributed by atoms with E-state index >= 15 is 0 Å². The molecule has 0 aliphatic rings. The van der Waals surface area contributed by atoms with Crippen molar-refractivity contribution in [2.24, 2.45) is 0 Å². The molecule has 2 atom stereocenters. The minimum Gasteiger partial charge on any atom is -0.284 e. The Kier molecular flexibility index (Phi) is 3.60. The van der Waals surface area contributed by atoms with E-state index in [-0.39, 0.29) is 0 Å². The van der Waals surface area contributed by atoms with Crippen LogP contribution in [0.25, 0.3) is 0 Å². The molecule has 0 saturated carbocycles. The predicted octanol–water partition coefficient (Wildman–Crippen LogP) is 1.78. The number of rotatable bonds is 3. The fraction of sp³-hybridized carbons (Fsp3) is 1.00. The molecule has 3 nitrogen and oxygen atoms in total. The molecule has 2 unspecified atom stereocenters. The number of hydrogen-bond acceptors (Lipinski definition) is 2. The quantitative estimate of drug-likeness (QED) is 0.570. The molecule has 0 bridgehead atoms. The van der Waals surface area contributed by atoms with Crippen LogP contribution in [-0.4, -0.2) is 20.8 Å². The highest BCUT2D eigenvalue weighted by Crippen LogP contribution is 2.31. The van der Waals surface area contributed by atoms with E-state index in [1.54, 1.807) is 0 Å². The topological polar surface area (TPSA) is 46.5 Å². The van der Waals surface area contributed by atoms with E-state index in [0.29, 0.717) is 6.92 Å². The molecule has 0 saturated heterocycles. The van der Waals surface area contributed by atoms with Crippen molar-refractivity contribution in [1.82, 2.24) is 0 Å². The Labute approximate surface area is 68.2 Å². The number of alkyl halides is 4. The molecule has 74 valence electrons.